The van der Waals surface area contributed by atoms with Crippen LogP contribution in [0.2, 0.25) is 10.0 Å². The van der Waals surface area contributed by atoms with Crippen LogP contribution in [0.1, 0.15) is 21.7 Å². The summed E-state index contributed by atoms with van der Waals surface area (Å²) in [6, 6.07) is 7.56. The van der Waals surface area contributed by atoms with Gasteiger partial charge in [0.1, 0.15) is 0 Å². The summed E-state index contributed by atoms with van der Waals surface area (Å²) in [6.45, 7) is 0.0176. The van der Waals surface area contributed by atoms with E-state index in [1.54, 1.807) is 25.1 Å². The molecule has 12 heteroatoms. The Labute approximate surface area is 193 Å². The van der Waals surface area contributed by atoms with Crippen molar-refractivity contribution in [2.24, 2.45) is 0 Å². The lowest BCUT2D eigenvalue weighted by molar-refractivity contribution is -0.141. The minimum atomic E-state index is -4.63. The fourth-order valence-corrected chi connectivity index (χ4v) is 3.36. The molecule has 2 heterocycles. The zero-order valence-electron chi connectivity index (χ0n) is 15.6. The van der Waals surface area contributed by atoms with Crippen molar-refractivity contribution in [2.45, 2.75) is 12.7 Å². The van der Waals surface area contributed by atoms with Gasteiger partial charge in [-0.15, -0.1) is 24.8 Å². The molecule has 0 spiro atoms. The topological polar surface area (TPSA) is 49.6 Å². The Morgan fingerprint density at radius 2 is 1.73 bits per heavy atom. The van der Waals surface area contributed by atoms with E-state index in [0.717, 1.165) is 0 Å². The third-order valence-electron chi connectivity index (χ3n) is 3.92. The Kier molecular flexibility index (Phi) is 8.83. The minimum Gasteiger partial charge on any atom is -0.319 e. The maximum Gasteiger partial charge on any atom is 0.435 e. The number of aromatic nitrogens is 2. The highest BCUT2D eigenvalue weighted by atomic mass is 35.5. The summed E-state index contributed by atoms with van der Waals surface area (Å²) in [5.41, 5.74) is -0.913. The van der Waals surface area contributed by atoms with Crippen molar-refractivity contribution in [3.05, 3.63) is 63.5 Å². The molecule has 3 aromatic rings. The van der Waals surface area contributed by atoms with Gasteiger partial charge in [0.05, 0.1) is 27.0 Å². The van der Waals surface area contributed by atoms with Crippen molar-refractivity contribution in [3.8, 4) is 0 Å². The molecule has 0 saturated carbocycles. The number of pyridine rings is 1. The average Bonchev–Trinajstić information content (AvgIpc) is 2.94. The Hall–Kier alpha value is -1.71. The summed E-state index contributed by atoms with van der Waals surface area (Å²) < 4.78 is 41.8. The smallest absolute Gasteiger partial charge is 0.319 e. The van der Waals surface area contributed by atoms with E-state index in [0.29, 0.717) is 0 Å². The van der Waals surface area contributed by atoms with Gasteiger partial charge < -0.3 is 14.6 Å². The van der Waals surface area contributed by atoms with Crippen LogP contribution in [-0.4, -0.2) is 34.3 Å². The van der Waals surface area contributed by atoms with Crippen molar-refractivity contribution in [3.63, 3.8) is 0 Å². The molecule has 0 aliphatic carbocycles. The van der Waals surface area contributed by atoms with Gasteiger partial charge in [-0.3, -0.25) is 4.79 Å². The number of hydrogen-bond acceptors (Lipinski definition) is 3. The molecule has 0 radical (unpaired) electrons. The number of nitrogens with one attached hydrogen (secondary N) is 1. The third kappa shape index (κ3) is 5.31. The number of rotatable bonds is 4. The van der Waals surface area contributed by atoms with Gasteiger partial charge in [-0.05, 0) is 38.4 Å². The average molecular weight is 504 g/mol. The standard InChI is InChI=1S/C18H15Cl2F3N4O.2ClH/c1-26(2)9-13-15(18(21,22)23)25-16-12(7-4-8-27(13)16)24-17(28)14-10(19)5-3-6-11(14)20;;/h3-8H,9H2,1-2H3,(H,24,28);2*1H. The second kappa shape index (κ2) is 10.1. The molecule has 1 amide bonds. The molecule has 30 heavy (non-hydrogen) atoms. The van der Waals surface area contributed by atoms with Crippen molar-refractivity contribution >= 4 is 65.3 Å². The van der Waals surface area contributed by atoms with Crippen LogP contribution in [0.25, 0.3) is 5.65 Å². The fourth-order valence-electron chi connectivity index (χ4n) is 2.79. The van der Waals surface area contributed by atoms with Crippen LogP contribution in [0.3, 0.4) is 0 Å². The van der Waals surface area contributed by atoms with Gasteiger partial charge in [0.2, 0.25) is 0 Å². The molecule has 0 atom stereocenters. The summed E-state index contributed by atoms with van der Waals surface area (Å²) in [6.07, 6.45) is -3.17. The van der Waals surface area contributed by atoms with Crippen LogP contribution in [0, 0.1) is 0 Å². The molecule has 0 fully saturated rings. The first-order chi connectivity index (χ1) is 13.1. The number of alkyl halides is 3. The summed E-state index contributed by atoms with van der Waals surface area (Å²) in [5, 5.41) is 2.81. The van der Waals surface area contributed by atoms with Gasteiger partial charge in [0, 0.05) is 12.7 Å². The van der Waals surface area contributed by atoms with Gasteiger partial charge >= 0.3 is 6.18 Å². The van der Waals surface area contributed by atoms with Crippen molar-refractivity contribution in [2.75, 3.05) is 19.4 Å². The van der Waals surface area contributed by atoms with Crippen molar-refractivity contribution in [1.82, 2.24) is 14.3 Å². The molecule has 3 rings (SSSR count). The number of nitrogens with zero attached hydrogens (tertiary/aromatic N) is 3. The van der Waals surface area contributed by atoms with E-state index in [1.807, 2.05) is 0 Å². The lowest BCUT2D eigenvalue weighted by Gasteiger charge is -2.13. The highest BCUT2D eigenvalue weighted by Crippen LogP contribution is 2.34. The van der Waals surface area contributed by atoms with Crippen LogP contribution in [0.15, 0.2) is 36.5 Å². The highest BCUT2D eigenvalue weighted by Gasteiger charge is 2.38. The number of carbonyl (C=O) groups excluding carboxylic acids is 1. The summed E-state index contributed by atoms with van der Waals surface area (Å²) in [5.74, 6) is -0.644. The van der Waals surface area contributed by atoms with E-state index >= 15 is 0 Å². The molecule has 0 saturated heterocycles. The number of amides is 1. The number of benzene rings is 1. The zero-order valence-corrected chi connectivity index (χ0v) is 18.8. The summed E-state index contributed by atoms with van der Waals surface area (Å²) in [4.78, 5) is 18.0. The van der Waals surface area contributed by atoms with Gasteiger partial charge in [0.15, 0.2) is 11.3 Å². The van der Waals surface area contributed by atoms with Crippen LogP contribution >= 0.6 is 48.0 Å². The van der Waals surface area contributed by atoms with Crippen LogP contribution in [0.4, 0.5) is 18.9 Å². The monoisotopic (exact) mass is 502 g/mol. The molecule has 0 unspecified atom stereocenters. The summed E-state index contributed by atoms with van der Waals surface area (Å²) >= 11 is 12.1. The van der Waals surface area contributed by atoms with Crippen LogP contribution in [-0.2, 0) is 12.7 Å². The first-order valence-corrected chi connectivity index (χ1v) is 8.82. The number of hydrogen-bond donors (Lipinski definition) is 1. The Morgan fingerprint density at radius 3 is 2.27 bits per heavy atom. The van der Waals surface area contributed by atoms with E-state index < -0.39 is 17.8 Å². The number of fused-ring (bicyclic) bond motifs is 1. The molecular weight excluding hydrogens is 487 g/mol. The molecule has 5 nitrogen and oxygen atoms in total. The summed E-state index contributed by atoms with van der Waals surface area (Å²) in [7, 11) is 3.31. The van der Waals surface area contributed by atoms with Gasteiger partial charge in [-0.2, -0.15) is 13.2 Å². The number of anilines is 1. The zero-order chi connectivity index (χ0) is 20.6. The number of halogens is 7. The molecule has 1 N–H and O–H groups in total. The number of imidazole rings is 1. The van der Waals surface area contributed by atoms with E-state index in [4.69, 9.17) is 23.2 Å². The Morgan fingerprint density at radius 1 is 1.13 bits per heavy atom. The van der Waals surface area contributed by atoms with Crippen molar-refractivity contribution in [1.29, 1.82) is 0 Å². The second-order valence-corrected chi connectivity index (χ2v) is 7.12. The molecule has 0 aliphatic heterocycles. The largest absolute Gasteiger partial charge is 0.435 e. The molecule has 2 aromatic heterocycles. The minimum absolute atomic E-state index is 0. The van der Waals surface area contributed by atoms with Gasteiger partial charge in [0.25, 0.3) is 5.91 Å². The van der Waals surface area contributed by atoms with E-state index in [2.05, 4.69) is 10.3 Å². The van der Waals surface area contributed by atoms with Gasteiger partial charge in [-0.25, -0.2) is 4.98 Å². The molecular formula is C18H17Cl4F3N4O. The predicted octanol–water partition coefficient (Wildman–Crippen LogP) is 5.82. The first-order valence-electron chi connectivity index (χ1n) is 8.07. The lowest BCUT2D eigenvalue weighted by atomic mass is 10.2. The third-order valence-corrected chi connectivity index (χ3v) is 4.55. The fraction of sp³-hybridized carbons (Fsp3) is 0.222. The lowest BCUT2D eigenvalue weighted by Crippen LogP contribution is -2.17. The highest BCUT2D eigenvalue weighted by molar-refractivity contribution is 6.40. The van der Waals surface area contributed by atoms with Crippen molar-refractivity contribution < 1.29 is 18.0 Å². The maximum atomic E-state index is 13.5. The molecule has 0 aliphatic rings. The van der Waals surface area contributed by atoms with Crippen LogP contribution < -0.4 is 5.32 Å². The van der Waals surface area contributed by atoms with E-state index in [-0.39, 0.29) is 64.0 Å². The first kappa shape index (κ1) is 26.3. The normalized spacial score (nSPS) is 11.2. The van der Waals surface area contributed by atoms with E-state index in [9.17, 15) is 18.0 Å². The number of carbonyl (C=O) groups is 1. The maximum absolute atomic E-state index is 13.5. The van der Waals surface area contributed by atoms with Gasteiger partial charge in [-0.1, -0.05) is 29.3 Å². The second-order valence-electron chi connectivity index (χ2n) is 6.31. The molecule has 0 bridgehead atoms. The predicted molar refractivity (Wildman–Crippen MR) is 116 cm³/mol. The molecule has 164 valence electrons. The van der Waals surface area contributed by atoms with E-state index in [1.165, 1.54) is 34.9 Å². The SMILES string of the molecule is CN(C)Cc1c(C(F)(F)F)nc2c(NC(=O)c3c(Cl)cccc3Cl)cccn12.Cl.Cl. The van der Waals surface area contributed by atoms with Crippen LogP contribution in [0.5, 0.6) is 0 Å². The molecule has 1 aromatic carbocycles. The quantitative estimate of drug-likeness (QED) is 0.488. The Balaban J connectivity index is 0.00000225. The Bertz CT molecular complexity index is 1030.